The van der Waals surface area contributed by atoms with Crippen LogP contribution in [-0.2, 0) is 10.2 Å². The average molecular weight is 413 g/mol. The Balaban J connectivity index is 1.88. The number of hydrazone groups is 1. The molecule has 0 radical (unpaired) electrons. The van der Waals surface area contributed by atoms with Gasteiger partial charge in [0.2, 0.25) is 0 Å². The van der Waals surface area contributed by atoms with Gasteiger partial charge in [0.05, 0.1) is 13.3 Å². The fraction of sp³-hybridized carbons (Fsp3) is 0.417. The monoisotopic (exact) mass is 412 g/mol. The highest BCUT2D eigenvalue weighted by Gasteiger charge is 2.27. The molecule has 0 aliphatic carbocycles. The molecule has 162 valence electrons. The number of hydrogen-bond acceptors (Lipinski definition) is 5. The first-order valence-electron chi connectivity index (χ1n) is 9.92. The van der Waals surface area contributed by atoms with Crippen molar-refractivity contribution < 1.29 is 19.4 Å². The van der Waals surface area contributed by atoms with Crippen molar-refractivity contribution in [3.05, 3.63) is 53.6 Å². The van der Waals surface area contributed by atoms with Gasteiger partial charge in [-0.1, -0.05) is 46.8 Å². The van der Waals surface area contributed by atoms with Crippen molar-refractivity contribution in [2.75, 3.05) is 13.7 Å². The van der Waals surface area contributed by atoms with Gasteiger partial charge < -0.3 is 14.6 Å². The molecule has 6 nitrogen and oxygen atoms in total. The van der Waals surface area contributed by atoms with E-state index in [2.05, 4.69) is 45.1 Å². The molecule has 1 amide bonds. The number of carbonyl (C=O) groups is 1. The maximum atomic E-state index is 12.0. The molecule has 0 fully saturated rings. The molecule has 2 N–H and O–H groups in total. The van der Waals surface area contributed by atoms with Gasteiger partial charge in [-0.25, -0.2) is 5.43 Å². The van der Waals surface area contributed by atoms with Crippen molar-refractivity contribution in [2.24, 2.45) is 10.5 Å². The van der Waals surface area contributed by atoms with E-state index in [0.717, 1.165) is 6.42 Å². The van der Waals surface area contributed by atoms with Gasteiger partial charge in [-0.05, 0) is 53.1 Å². The summed E-state index contributed by atoms with van der Waals surface area (Å²) in [5.41, 5.74) is 4.33. The van der Waals surface area contributed by atoms with E-state index in [-0.39, 0.29) is 23.2 Å². The molecule has 6 heteroatoms. The Hall–Kier alpha value is -3.02. The molecule has 0 unspecified atom stereocenters. The number of hydrogen-bond donors (Lipinski definition) is 2. The zero-order valence-corrected chi connectivity index (χ0v) is 18.7. The van der Waals surface area contributed by atoms with Gasteiger partial charge in [0.15, 0.2) is 6.61 Å². The van der Waals surface area contributed by atoms with Crippen LogP contribution >= 0.6 is 0 Å². The summed E-state index contributed by atoms with van der Waals surface area (Å²) in [5, 5.41) is 13.7. The summed E-state index contributed by atoms with van der Waals surface area (Å²) in [6.07, 6.45) is 2.41. The van der Waals surface area contributed by atoms with Gasteiger partial charge in [0.25, 0.3) is 5.91 Å². The average Bonchev–Trinajstić information content (AvgIpc) is 2.66. The standard InChI is InChI=1S/C24H32N2O4/c1-23(2,3)16-24(4,5)18-7-9-19(10-8-18)30-15-22(28)26-25-14-17-13-20(29-6)11-12-21(17)27/h7-14,27H,15-16H2,1-6H3,(H,26,28)/b25-14-. The summed E-state index contributed by atoms with van der Waals surface area (Å²) in [6.45, 7) is 11.0. The van der Waals surface area contributed by atoms with Crippen LogP contribution < -0.4 is 14.9 Å². The lowest BCUT2D eigenvalue weighted by Crippen LogP contribution is -2.25. The van der Waals surface area contributed by atoms with Gasteiger partial charge in [0, 0.05) is 5.56 Å². The number of phenolic OH excluding ortho intramolecular Hbond substituents is 1. The molecule has 0 saturated carbocycles. The van der Waals surface area contributed by atoms with E-state index < -0.39 is 5.91 Å². The first-order valence-corrected chi connectivity index (χ1v) is 9.92. The summed E-state index contributed by atoms with van der Waals surface area (Å²) in [7, 11) is 1.53. The minimum atomic E-state index is -0.397. The molecule has 0 heterocycles. The minimum absolute atomic E-state index is 0.0412. The number of methoxy groups -OCH3 is 1. The maximum Gasteiger partial charge on any atom is 0.277 e. The number of aromatic hydroxyl groups is 1. The van der Waals surface area contributed by atoms with Gasteiger partial charge in [-0.3, -0.25) is 4.79 Å². The van der Waals surface area contributed by atoms with Crippen molar-refractivity contribution >= 4 is 12.1 Å². The third-order valence-electron chi connectivity index (χ3n) is 4.61. The van der Waals surface area contributed by atoms with E-state index >= 15 is 0 Å². The highest BCUT2D eigenvalue weighted by molar-refractivity contribution is 5.85. The predicted octanol–water partition coefficient (Wildman–Crippen LogP) is 4.64. The molecule has 0 atom stereocenters. The molecule has 0 aliphatic heterocycles. The molecule has 2 aromatic rings. The van der Waals surface area contributed by atoms with Gasteiger partial charge >= 0.3 is 0 Å². The van der Waals surface area contributed by atoms with Crippen molar-refractivity contribution in [3.63, 3.8) is 0 Å². The van der Waals surface area contributed by atoms with Crippen LogP contribution in [0.1, 0.15) is 52.2 Å². The summed E-state index contributed by atoms with van der Waals surface area (Å²) in [4.78, 5) is 12.0. The van der Waals surface area contributed by atoms with Crippen LogP contribution in [-0.4, -0.2) is 30.9 Å². The van der Waals surface area contributed by atoms with Crippen LogP contribution in [0.25, 0.3) is 0 Å². The Morgan fingerprint density at radius 1 is 1.07 bits per heavy atom. The zero-order chi connectivity index (χ0) is 22.4. The van der Waals surface area contributed by atoms with E-state index in [4.69, 9.17) is 9.47 Å². The topological polar surface area (TPSA) is 80.2 Å². The minimum Gasteiger partial charge on any atom is -0.507 e. The quantitative estimate of drug-likeness (QED) is 0.489. The number of phenols is 1. The second-order valence-electron chi connectivity index (χ2n) is 9.15. The highest BCUT2D eigenvalue weighted by Crippen LogP contribution is 2.36. The number of carbonyl (C=O) groups excluding carboxylic acids is 1. The lowest BCUT2D eigenvalue weighted by molar-refractivity contribution is -0.123. The molecule has 2 rings (SSSR count). The van der Waals surface area contributed by atoms with Crippen molar-refractivity contribution in [3.8, 4) is 17.2 Å². The maximum absolute atomic E-state index is 12.0. The third kappa shape index (κ3) is 7.10. The Morgan fingerprint density at radius 3 is 2.30 bits per heavy atom. The predicted molar refractivity (Wildman–Crippen MR) is 119 cm³/mol. The Morgan fingerprint density at radius 2 is 1.70 bits per heavy atom. The fourth-order valence-electron chi connectivity index (χ4n) is 3.55. The number of rotatable bonds is 8. The molecular formula is C24H32N2O4. The SMILES string of the molecule is COc1ccc(O)c(/C=N\NC(=O)COc2ccc(C(C)(C)CC(C)(C)C)cc2)c1. The summed E-state index contributed by atoms with van der Waals surface area (Å²) >= 11 is 0. The number of nitrogens with one attached hydrogen (secondary N) is 1. The molecule has 0 saturated heterocycles. The lowest BCUT2D eigenvalue weighted by atomic mass is 9.72. The molecule has 0 aromatic heterocycles. The smallest absolute Gasteiger partial charge is 0.277 e. The summed E-state index contributed by atoms with van der Waals surface area (Å²) in [6, 6.07) is 12.6. The second-order valence-corrected chi connectivity index (χ2v) is 9.15. The summed E-state index contributed by atoms with van der Waals surface area (Å²) in [5.74, 6) is 0.846. The number of nitrogens with zero attached hydrogens (tertiary/aromatic N) is 1. The van der Waals surface area contributed by atoms with E-state index in [1.54, 1.807) is 12.1 Å². The van der Waals surface area contributed by atoms with Crippen molar-refractivity contribution in [2.45, 2.75) is 46.5 Å². The zero-order valence-electron chi connectivity index (χ0n) is 18.7. The highest BCUT2D eigenvalue weighted by atomic mass is 16.5. The normalized spacial score (nSPS) is 12.1. The van der Waals surface area contributed by atoms with Crippen molar-refractivity contribution in [1.29, 1.82) is 0 Å². The number of amides is 1. The van der Waals surface area contributed by atoms with Gasteiger partial charge in [0.1, 0.15) is 17.2 Å². The first-order chi connectivity index (χ1) is 14.0. The van der Waals surface area contributed by atoms with Gasteiger partial charge in [-0.15, -0.1) is 0 Å². The Bertz CT molecular complexity index is 881. The van der Waals surface area contributed by atoms with E-state index in [1.165, 1.54) is 25.0 Å². The van der Waals surface area contributed by atoms with E-state index in [1.807, 2.05) is 24.3 Å². The van der Waals surface area contributed by atoms with Crippen LogP contribution in [0, 0.1) is 5.41 Å². The molecule has 0 spiro atoms. The lowest BCUT2D eigenvalue weighted by Gasteiger charge is -2.33. The number of benzene rings is 2. The Kier molecular flexibility index (Phi) is 7.48. The van der Waals surface area contributed by atoms with Crippen molar-refractivity contribution in [1.82, 2.24) is 5.43 Å². The van der Waals surface area contributed by atoms with Crippen LogP contribution in [0.2, 0.25) is 0 Å². The largest absolute Gasteiger partial charge is 0.507 e. The molecule has 30 heavy (non-hydrogen) atoms. The second kappa shape index (κ2) is 9.65. The van der Waals surface area contributed by atoms with Crippen LogP contribution in [0.15, 0.2) is 47.6 Å². The first kappa shape index (κ1) is 23.3. The number of ether oxygens (including phenoxy) is 2. The van der Waals surface area contributed by atoms with Crippen LogP contribution in [0.5, 0.6) is 17.2 Å². The van der Waals surface area contributed by atoms with E-state index in [9.17, 15) is 9.90 Å². The van der Waals surface area contributed by atoms with Crippen LogP contribution in [0.4, 0.5) is 0 Å². The van der Waals surface area contributed by atoms with Gasteiger partial charge in [-0.2, -0.15) is 5.10 Å². The van der Waals surface area contributed by atoms with E-state index in [0.29, 0.717) is 17.1 Å². The Labute approximate surface area is 178 Å². The third-order valence-corrected chi connectivity index (χ3v) is 4.61. The van der Waals surface area contributed by atoms with Crippen LogP contribution in [0.3, 0.4) is 0 Å². The molecular weight excluding hydrogens is 380 g/mol. The summed E-state index contributed by atoms with van der Waals surface area (Å²) < 4.78 is 10.6. The fourth-order valence-corrected chi connectivity index (χ4v) is 3.55. The molecule has 2 aromatic carbocycles. The molecule has 0 bridgehead atoms. The molecule has 0 aliphatic rings.